The molecule has 7 nitrogen and oxygen atoms in total. The zero-order valence-electron chi connectivity index (χ0n) is 14.1. The molecule has 26 heavy (non-hydrogen) atoms. The van der Waals surface area contributed by atoms with Gasteiger partial charge in [-0.1, -0.05) is 18.2 Å². The first kappa shape index (κ1) is 17.5. The van der Waals surface area contributed by atoms with E-state index >= 15 is 0 Å². The molecular weight excluding hydrogens is 336 g/mol. The summed E-state index contributed by atoms with van der Waals surface area (Å²) in [5, 5.41) is 13.5. The molecule has 1 N–H and O–H groups in total. The van der Waals surface area contributed by atoms with Gasteiger partial charge in [-0.2, -0.15) is 0 Å². The lowest BCUT2D eigenvalue weighted by Gasteiger charge is -2.17. The molecule has 1 heterocycles. The van der Waals surface area contributed by atoms with Crippen LogP contribution in [0.25, 0.3) is 0 Å². The topological polar surface area (TPSA) is 98.8 Å². The van der Waals surface area contributed by atoms with Crippen LogP contribution in [0.1, 0.15) is 16.8 Å². The summed E-state index contributed by atoms with van der Waals surface area (Å²) in [5.74, 6) is -1.56. The van der Waals surface area contributed by atoms with Gasteiger partial charge in [0.05, 0.1) is 19.0 Å². The lowest BCUT2D eigenvalue weighted by Crippen LogP contribution is -2.28. The number of rotatable bonds is 5. The molecule has 1 saturated heterocycles. The van der Waals surface area contributed by atoms with Gasteiger partial charge in [0.2, 0.25) is 11.8 Å². The van der Waals surface area contributed by atoms with Gasteiger partial charge < -0.3 is 24.9 Å². The van der Waals surface area contributed by atoms with Crippen molar-refractivity contribution in [1.82, 2.24) is 0 Å². The van der Waals surface area contributed by atoms with Crippen molar-refractivity contribution in [2.45, 2.75) is 6.42 Å². The summed E-state index contributed by atoms with van der Waals surface area (Å²) in [6, 6.07) is 12.8. The third-order valence-electron chi connectivity index (χ3n) is 4.25. The van der Waals surface area contributed by atoms with Gasteiger partial charge in [0.15, 0.2) is 0 Å². The van der Waals surface area contributed by atoms with Crippen LogP contribution in [-0.4, -0.2) is 31.4 Å². The zero-order valence-corrected chi connectivity index (χ0v) is 14.1. The van der Waals surface area contributed by atoms with E-state index in [9.17, 15) is 19.5 Å². The lowest BCUT2D eigenvalue weighted by molar-refractivity contribution is -0.255. The van der Waals surface area contributed by atoms with E-state index in [1.165, 1.54) is 24.3 Å². The Kier molecular flexibility index (Phi) is 4.88. The molecule has 2 aromatic carbocycles. The predicted octanol–water partition coefficient (Wildman–Crippen LogP) is 1.05. The van der Waals surface area contributed by atoms with Crippen LogP contribution < -0.4 is 20.1 Å². The van der Waals surface area contributed by atoms with Crippen LogP contribution in [0.4, 0.5) is 11.4 Å². The highest BCUT2D eigenvalue weighted by Crippen LogP contribution is 2.28. The average molecular weight is 353 g/mol. The maximum absolute atomic E-state index is 12.4. The van der Waals surface area contributed by atoms with Gasteiger partial charge >= 0.3 is 0 Å². The number of anilines is 2. The number of nitrogens with zero attached hydrogens (tertiary/aromatic N) is 1. The Morgan fingerprint density at radius 2 is 1.92 bits per heavy atom. The van der Waals surface area contributed by atoms with Crippen LogP contribution in [0.3, 0.4) is 0 Å². The molecule has 0 saturated carbocycles. The van der Waals surface area contributed by atoms with Gasteiger partial charge in [-0.3, -0.25) is 9.59 Å². The van der Waals surface area contributed by atoms with Crippen LogP contribution in [0.15, 0.2) is 48.5 Å². The Hall–Kier alpha value is -3.35. The van der Waals surface area contributed by atoms with Crippen LogP contribution in [-0.2, 0) is 9.59 Å². The highest BCUT2D eigenvalue weighted by molar-refractivity contribution is 6.03. The van der Waals surface area contributed by atoms with Crippen LogP contribution in [0.5, 0.6) is 5.75 Å². The Labute approximate surface area is 150 Å². The fourth-order valence-corrected chi connectivity index (χ4v) is 2.85. The van der Waals surface area contributed by atoms with Crippen molar-refractivity contribution in [2.24, 2.45) is 5.92 Å². The molecule has 2 aromatic rings. The van der Waals surface area contributed by atoms with Crippen LogP contribution >= 0.6 is 0 Å². The second-order valence-corrected chi connectivity index (χ2v) is 5.96. The molecule has 2 amide bonds. The minimum atomic E-state index is -1.28. The Bertz CT molecular complexity index is 847. The third kappa shape index (κ3) is 3.66. The largest absolute Gasteiger partial charge is 0.545 e. The minimum Gasteiger partial charge on any atom is -0.545 e. The van der Waals surface area contributed by atoms with E-state index < -0.39 is 11.9 Å². The van der Waals surface area contributed by atoms with Gasteiger partial charge in [-0.15, -0.1) is 0 Å². The maximum atomic E-state index is 12.4. The summed E-state index contributed by atoms with van der Waals surface area (Å²) in [4.78, 5) is 37.0. The number of hydrogen-bond acceptors (Lipinski definition) is 5. The molecule has 1 aliphatic heterocycles. The van der Waals surface area contributed by atoms with Gasteiger partial charge in [0, 0.05) is 30.4 Å². The Morgan fingerprint density at radius 3 is 2.58 bits per heavy atom. The number of hydrogen-bond donors (Lipinski definition) is 1. The number of carboxylic acids is 1. The SMILES string of the molecule is COc1cccc(N2C[C@@H](C(=O)Nc3ccc(C(=O)[O-])cc3)CC2=O)c1. The summed E-state index contributed by atoms with van der Waals surface area (Å²) in [6.45, 7) is 0.273. The Morgan fingerprint density at radius 1 is 1.19 bits per heavy atom. The van der Waals surface area contributed by atoms with Gasteiger partial charge in [-0.05, 0) is 29.8 Å². The summed E-state index contributed by atoms with van der Waals surface area (Å²) in [6.07, 6.45) is 0.111. The van der Waals surface area contributed by atoms with Gasteiger partial charge in [-0.25, -0.2) is 0 Å². The molecule has 1 aliphatic rings. The summed E-state index contributed by atoms with van der Waals surface area (Å²) in [7, 11) is 1.55. The molecule has 134 valence electrons. The van der Waals surface area contributed by atoms with Crippen LogP contribution in [0.2, 0.25) is 0 Å². The van der Waals surface area contributed by atoms with Crippen molar-refractivity contribution in [3.8, 4) is 5.75 Å². The fraction of sp³-hybridized carbons (Fsp3) is 0.211. The van der Waals surface area contributed by atoms with E-state index in [-0.39, 0.29) is 30.3 Å². The highest BCUT2D eigenvalue weighted by Gasteiger charge is 2.35. The number of amides is 2. The number of carboxylic acid groups (broad SMARTS) is 1. The van der Waals surface area contributed by atoms with Gasteiger partial charge in [0.1, 0.15) is 5.75 Å². The van der Waals surface area contributed by atoms with E-state index in [4.69, 9.17) is 4.74 Å². The number of carbonyl (C=O) groups excluding carboxylic acids is 3. The highest BCUT2D eigenvalue weighted by atomic mass is 16.5. The van der Waals surface area contributed by atoms with Crippen LogP contribution in [0, 0.1) is 5.92 Å². The second-order valence-electron chi connectivity index (χ2n) is 5.96. The molecule has 7 heteroatoms. The van der Waals surface area contributed by atoms with E-state index in [1.807, 2.05) is 0 Å². The third-order valence-corrected chi connectivity index (χ3v) is 4.25. The number of carbonyl (C=O) groups is 3. The molecule has 0 aromatic heterocycles. The molecule has 0 unspecified atom stereocenters. The number of ether oxygens (including phenoxy) is 1. The number of aromatic carboxylic acids is 1. The molecule has 0 bridgehead atoms. The first-order chi connectivity index (χ1) is 12.5. The van der Waals surface area contributed by atoms with E-state index in [0.29, 0.717) is 17.1 Å². The molecule has 3 rings (SSSR count). The molecule has 1 fully saturated rings. The number of benzene rings is 2. The maximum Gasteiger partial charge on any atom is 0.229 e. The van der Waals surface area contributed by atoms with Crippen molar-refractivity contribution in [2.75, 3.05) is 23.9 Å². The van der Waals surface area contributed by atoms with Crippen molar-refractivity contribution in [1.29, 1.82) is 0 Å². The summed E-state index contributed by atoms with van der Waals surface area (Å²) in [5.41, 5.74) is 1.18. The van der Waals surface area contributed by atoms with Crippen molar-refractivity contribution < 1.29 is 24.2 Å². The average Bonchev–Trinajstić information content (AvgIpc) is 3.04. The van der Waals surface area contributed by atoms with Gasteiger partial charge in [0.25, 0.3) is 0 Å². The molecule has 1 atom stereocenters. The zero-order chi connectivity index (χ0) is 18.7. The lowest BCUT2D eigenvalue weighted by atomic mass is 10.1. The monoisotopic (exact) mass is 353 g/mol. The van der Waals surface area contributed by atoms with E-state index in [2.05, 4.69) is 5.32 Å². The molecule has 0 radical (unpaired) electrons. The fourth-order valence-electron chi connectivity index (χ4n) is 2.85. The molecule has 0 aliphatic carbocycles. The van der Waals surface area contributed by atoms with E-state index in [0.717, 1.165) is 0 Å². The first-order valence-corrected chi connectivity index (χ1v) is 8.04. The van der Waals surface area contributed by atoms with Crippen molar-refractivity contribution in [3.63, 3.8) is 0 Å². The normalized spacial score (nSPS) is 16.4. The quantitative estimate of drug-likeness (QED) is 0.866. The second kappa shape index (κ2) is 7.26. The van der Waals surface area contributed by atoms with Crippen molar-refractivity contribution in [3.05, 3.63) is 54.1 Å². The molecular formula is C19H17N2O5-. The standard InChI is InChI=1S/C19H18N2O5/c1-26-16-4-2-3-15(10-16)21-11-13(9-17(21)22)18(23)20-14-7-5-12(6-8-14)19(24)25/h2-8,10,13H,9,11H2,1H3,(H,20,23)(H,24,25)/p-1/t13-/m0/s1. The Balaban J connectivity index is 1.67. The predicted molar refractivity (Wildman–Crippen MR) is 92.9 cm³/mol. The van der Waals surface area contributed by atoms with E-state index in [1.54, 1.807) is 36.3 Å². The first-order valence-electron chi connectivity index (χ1n) is 8.04. The minimum absolute atomic E-state index is 0.0308. The van der Waals surface area contributed by atoms with Crippen molar-refractivity contribution >= 4 is 29.2 Å². The number of nitrogens with one attached hydrogen (secondary N) is 1. The summed E-state index contributed by atoms with van der Waals surface area (Å²) < 4.78 is 5.17. The summed E-state index contributed by atoms with van der Waals surface area (Å²) >= 11 is 0. The molecule has 0 spiro atoms. The number of methoxy groups -OCH3 is 1. The smallest absolute Gasteiger partial charge is 0.229 e.